The molecule has 0 aliphatic carbocycles. The van der Waals surface area contributed by atoms with Crippen molar-refractivity contribution in [2.45, 2.75) is 32.3 Å². The fourth-order valence-electron chi connectivity index (χ4n) is 2.78. The Kier molecular flexibility index (Phi) is 5.13. The molecule has 0 spiro atoms. The molecule has 1 saturated heterocycles. The Balaban J connectivity index is 1.78. The normalized spacial score (nSPS) is 17.7. The molecule has 122 valence electrons. The smallest absolute Gasteiger partial charge is 0.123 e. The number of ether oxygens (including phenoxy) is 3. The third kappa shape index (κ3) is 4.23. The van der Waals surface area contributed by atoms with Crippen LogP contribution in [-0.4, -0.2) is 31.4 Å². The molecule has 1 fully saturated rings. The minimum Gasteiger partial charge on any atom is -0.497 e. The third-order valence-corrected chi connectivity index (χ3v) is 4.03. The summed E-state index contributed by atoms with van der Waals surface area (Å²) in [5.74, 6) is 1.58. The molecular weight excluding hydrogens is 290 g/mol. The Morgan fingerprint density at radius 3 is 2.70 bits per heavy atom. The minimum absolute atomic E-state index is 0.194. The number of rotatable bonds is 5. The van der Waals surface area contributed by atoms with Crippen LogP contribution in [0, 0.1) is 6.92 Å². The summed E-state index contributed by atoms with van der Waals surface area (Å²) in [5, 5.41) is 0. The van der Waals surface area contributed by atoms with Crippen molar-refractivity contribution in [1.82, 2.24) is 4.98 Å². The van der Waals surface area contributed by atoms with E-state index in [1.165, 1.54) is 6.42 Å². The molecule has 1 aliphatic rings. The highest BCUT2D eigenvalue weighted by atomic mass is 16.5. The topological polar surface area (TPSA) is 40.6 Å². The van der Waals surface area contributed by atoms with E-state index in [9.17, 15) is 0 Å². The number of benzene rings is 1. The predicted octanol–water partition coefficient (Wildman–Crippen LogP) is 4.01. The summed E-state index contributed by atoms with van der Waals surface area (Å²) in [7, 11) is 1.67. The number of aryl methyl sites for hydroxylation is 1. The number of hydrogen-bond donors (Lipinski definition) is 0. The summed E-state index contributed by atoms with van der Waals surface area (Å²) < 4.78 is 17.1. The SMILES string of the molecule is COc1cc(OCC2CCCCO2)cc(-c2cncc(C)c2)c1. The van der Waals surface area contributed by atoms with Gasteiger partial charge in [0, 0.05) is 30.6 Å². The van der Waals surface area contributed by atoms with Crippen LogP contribution in [0.25, 0.3) is 11.1 Å². The van der Waals surface area contributed by atoms with Crippen molar-refractivity contribution in [2.75, 3.05) is 20.3 Å². The quantitative estimate of drug-likeness (QED) is 0.836. The molecule has 4 nitrogen and oxygen atoms in total. The van der Waals surface area contributed by atoms with Crippen LogP contribution < -0.4 is 9.47 Å². The molecule has 23 heavy (non-hydrogen) atoms. The van der Waals surface area contributed by atoms with Crippen molar-refractivity contribution >= 4 is 0 Å². The van der Waals surface area contributed by atoms with E-state index in [2.05, 4.69) is 11.1 Å². The summed E-state index contributed by atoms with van der Waals surface area (Å²) in [6.07, 6.45) is 7.33. The van der Waals surface area contributed by atoms with Crippen molar-refractivity contribution in [3.05, 3.63) is 42.2 Å². The Labute approximate surface area is 137 Å². The van der Waals surface area contributed by atoms with E-state index in [-0.39, 0.29) is 6.10 Å². The van der Waals surface area contributed by atoms with Gasteiger partial charge >= 0.3 is 0 Å². The molecule has 1 unspecified atom stereocenters. The van der Waals surface area contributed by atoms with Crippen LogP contribution in [0.2, 0.25) is 0 Å². The molecule has 1 aliphatic heterocycles. The Hall–Kier alpha value is -2.07. The maximum atomic E-state index is 5.95. The zero-order valence-electron chi connectivity index (χ0n) is 13.7. The van der Waals surface area contributed by atoms with Crippen molar-refractivity contribution in [3.8, 4) is 22.6 Å². The maximum Gasteiger partial charge on any atom is 0.123 e. The van der Waals surface area contributed by atoms with Gasteiger partial charge in [-0.1, -0.05) is 0 Å². The Morgan fingerprint density at radius 2 is 1.96 bits per heavy atom. The highest BCUT2D eigenvalue weighted by Gasteiger charge is 2.15. The lowest BCUT2D eigenvalue weighted by Crippen LogP contribution is -2.25. The van der Waals surface area contributed by atoms with E-state index in [1.807, 2.05) is 37.5 Å². The van der Waals surface area contributed by atoms with E-state index in [4.69, 9.17) is 14.2 Å². The fourth-order valence-corrected chi connectivity index (χ4v) is 2.78. The molecule has 2 aromatic rings. The average molecular weight is 313 g/mol. The van der Waals surface area contributed by atoms with Crippen LogP contribution in [0.15, 0.2) is 36.7 Å². The second kappa shape index (κ2) is 7.47. The first kappa shape index (κ1) is 15.8. The van der Waals surface area contributed by atoms with E-state index >= 15 is 0 Å². The molecule has 0 N–H and O–H groups in total. The first-order chi connectivity index (χ1) is 11.2. The highest BCUT2D eigenvalue weighted by Crippen LogP contribution is 2.30. The number of methoxy groups -OCH3 is 1. The summed E-state index contributed by atoms with van der Waals surface area (Å²) in [6.45, 7) is 3.46. The fraction of sp³-hybridized carbons (Fsp3) is 0.421. The molecule has 0 saturated carbocycles. The van der Waals surface area contributed by atoms with Gasteiger partial charge in [-0.3, -0.25) is 4.98 Å². The first-order valence-electron chi connectivity index (χ1n) is 8.10. The third-order valence-electron chi connectivity index (χ3n) is 4.03. The van der Waals surface area contributed by atoms with E-state index < -0.39 is 0 Å². The number of hydrogen-bond acceptors (Lipinski definition) is 4. The molecule has 0 bridgehead atoms. The molecule has 2 heterocycles. The van der Waals surface area contributed by atoms with Gasteiger partial charge < -0.3 is 14.2 Å². The van der Waals surface area contributed by atoms with E-state index in [0.29, 0.717) is 6.61 Å². The molecule has 1 atom stereocenters. The number of pyridine rings is 1. The first-order valence-corrected chi connectivity index (χ1v) is 8.10. The van der Waals surface area contributed by atoms with Crippen LogP contribution in [-0.2, 0) is 4.74 Å². The molecule has 4 heteroatoms. The lowest BCUT2D eigenvalue weighted by Gasteiger charge is -2.22. The zero-order chi connectivity index (χ0) is 16.1. The summed E-state index contributed by atoms with van der Waals surface area (Å²) in [4.78, 5) is 4.26. The molecule has 1 aromatic heterocycles. The van der Waals surface area contributed by atoms with Crippen LogP contribution in [0.5, 0.6) is 11.5 Å². The molecule has 0 radical (unpaired) electrons. The van der Waals surface area contributed by atoms with Gasteiger partial charge in [-0.15, -0.1) is 0 Å². The molecule has 1 aromatic carbocycles. The zero-order valence-corrected chi connectivity index (χ0v) is 13.7. The Morgan fingerprint density at radius 1 is 1.09 bits per heavy atom. The van der Waals surface area contributed by atoms with Gasteiger partial charge in [0.25, 0.3) is 0 Å². The van der Waals surface area contributed by atoms with Crippen LogP contribution in [0.1, 0.15) is 24.8 Å². The summed E-state index contributed by atoms with van der Waals surface area (Å²) in [6, 6.07) is 8.05. The van der Waals surface area contributed by atoms with Crippen molar-refractivity contribution in [3.63, 3.8) is 0 Å². The standard InChI is InChI=1S/C19H23NO3/c1-14-7-16(12-20-11-14)15-8-18(21-2)10-19(9-15)23-13-17-5-3-4-6-22-17/h7-12,17H,3-6,13H2,1-2H3. The second-order valence-corrected chi connectivity index (χ2v) is 5.95. The van der Waals surface area contributed by atoms with Gasteiger partial charge in [-0.25, -0.2) is 0 Å². The number of nitrogens with zero attached hydrogens (tertiary/aromatic N) is 1. The van der Waals surface area contributed by atoms with Gasteiger partial charge in [0.1, 0.15) is 18.1 Å². The lowest BCUT2D eigenvalue weighted by molar-refractivity contribution is -0.0110. The summed E-state index contributed by atoms with van der Waals surface area (Å²) in [5.41, 5.74) is 3.23. The Bertz CT molecular complexity index is 651. The minimum atomic E-state index is 0.194. The van der Waals surface area contributed by atoms with Gasteiger partial charge in [0.05, 0.1) is 13.2 Å². The summed E-state index contributed by atoms with van der Waals surface area (Å²) >= 11 is 0. The monoisotopic (exact) mass is 313 g/mol. The van der Waals surface area contributed by atoms with Crippen molar-refractivity contribution in [1.29, 1.82) is 0 Å². The van der Waals surface area contributed by atoms with Crippen LogP contribution in [0.4, 0.5) is 0 Å². The average Bonchev–Trinajstić information content (AvgIpc) is 2.60. The maximum absolute atomic E-state index is 5.95. The largest absolute Gasteiger partial charge is 0.497 e. The number of aromatic nitrogens is 1. The predicted molar refractivity (Wildman–Crippen MR) is 90.0 cm³/mol. The van der Waals surface area contributed by atoms with Crippen molar-refractivity contribution in [2.24, 2.45) is 0 Å². The van der Waals surface area contributed by atoms with Gasteiger partial charge in [-0.05, 0) is 55.5 Å². The van der Waals surface area contributed by atoms with Crippen molar-refractivity contribution < 1.29 is 14.2 Å². The van der Waals surface area contributed by atoms with Crippen LogP contribution >= 0.6 is 0 Å². The van der Waals surface area contributed by atoms with Gasteiger partial charge in [0.15, 0.2) is 0 Å². The van der Waals surface area contributed by atoms with E-state index in [0.717, 1.165) is 47.6 Å². The molecule has 0 amide bonds. The molecular formula is C19H23NO3. The molecule has 3 rings (SSSR count). The van der Waals surface area contributed by atoms with Gasteiger partial charge in [0.2, 0.25) is 0 Å². The van der Waals surface area contributed by atoms with Crippen LogP contribution in [0.3, 0.4) is 0 Å². The lowest BCUT2D eigenvalue weighted by atomic mass is 10.1. The van der Waals surface area contributed by atoms with E-state index in [1.54, 1.807) is 7.11 Å². The second-order valence-electron chi connectivity index (χ2n) is 5.95. The highest BCUT2D eigenvalue weighted by molar-refractivity contribution is 5.67. The van der Waals surface area contributed by atoms with Gasteiger partial charge in [-0.2, -0.15) is 0 Å².